The van der Waals surface area contributed by atoms with Gasteiger partial charge in [-0.15, -0.1) is 0 Å². The number of hydrogen-bond donors (Lipinski definition) is 1. The fraction of sp³-hybridized carbons (Fsp3) is 0.308. The largest absolute Gasteiger partial charge is 0.387 e. The van der Waals surface area contributed by atoms with Crippen molar-refractivity contribution in [3.63, 3.8) is 0 Å². The monoisotopic (exact) mass is 416 g/mol. The Bertz CT molecular complexity index is 1110. The minimum Gasteiger partial charge on any atom is -0.387 e. The predicted molar refractivity (Wildman–Crippen MR) is 122 cm³/mol. The summed E-state index contributed by atoms with van der Waals surface area (Å²) in [4.78, 5) is 0. The molecule has 0 radical (unpaired) electrons. The van der Waals surface area contributed by atoms with E-state index in [-0.39, 0.29) is 12.8 Å². The highest BCUT2D eigenvalue weighted by Gasteiger charge is 2.25. The van der Waals surface area contributed by atoms with Gasteiger partial charge in [-0.2, -0.15) is 9.13 Å². The number of aromatic nitrogens is 4. The summed E-state index contributed by atoms with van der Waals surface area (Å²) in [6, 6.07) is 8.82. The summed E-state index contributed by atoms with van der Waals surface area (Å²) < 4.78 is 8.38. The van der Waals surface area contributed by atoms with Crippen LogP contribution in [0.3, 0.4) is 0 Å². The molecule has 2 aromatic heterocycles. The lowest BCUT2D eigenvalue weighted by molar-refractivity contribution is -0.945. The molecule has 0 fully saturated rings. The van der Waals surface area contributed by atoms with Crippen LogP contribution in [0.4, 0.5) is 0 Å². The van der Waals surface area contributed by atoms with Crippen LogP contribution in [0.1, 0.15) is 39.5 Å². The number of nitrogens with zero attached hydrogens (tertiary/aromatic N) is 4. The van der Waals surface area contributed by atoms with Crippen molar-refractivity contribution >= 4 is 0 Å². The first kappa shape index (κ1) is 21.1. The van der Waals surface area contributed by atoms with E-state index in [4.69, 9.17) is 0 Å². The topological polar surface area (TPSA) is 37.9 Å². The zero-order valence-corrected chi connectivity index (χ0v) is 19.3. The maximum absolute atomic E-state index is 10.2. The van der Waals surface area contributed by atoms with E-state index in [0.717, 1.165) is 0 Å². The number of aryl methyl sites for hydroxylation is 6. The molecule has 0 aliphatic rings. The van der Waals surface area contributed by atoms with Crippen molar-refractivity contribution in [2.75, 3.05) is 6.61 Å². The van der Waals surface area contributed by atoms with Crippen molar-refractivity contribution in [1.82, 2.24) is 9.13 Å². The van der Waals surface area contributed by atoms with Crippen LogP contribution in [0.2, 0.25) is 0 Å². The van der Waals surface area contributed by atoms with Gasteiger partial charge in [0.2, 0.25) is 0 Å². The molecule has 4 aromatic rings. The minimum atomic E-state index is -0.223. The molecule has 0 saturated heterocycles. The van der Waals surface area contributed by atoms with Crippen LogP contribution < -0.4 is 9.13 Å². The van der Waals surface area contributed by atoms with E-state index in [2.05, 4.69) is 109 Å². The van der Waals surface area contributed by atoms with Crippen molar-refractivity contribution in [3.8, 4) is 11.4 Å². The van der Waals surface area contributed by atoms with Crippen LogP contribution >= 0.6 is 0 Å². The van der Waals surface area contributed by atoms with E-state index >= 15 is 0 Å². The fourth-order valence-electron chi connectivity index (χ4n) is 4.86. The molecule has 2 aromatic carbocycles. The van der Waals surface area contributed by atoms with E-state index in [1.54, 1.807) is 0 Å². The Kier molecular flexibility index (Phi) is 5.54. The van der Waals surface area contributed by atoms with Crippen LogP contribution in [0.15, 0.2) is 61.7 Å². The quantitative estimate of drug-likeness (QED) is 0.495. The summed E-state index contributed by atoms with van der Waals surface area (Å²) >= 11 is 0. The highest BCUT2D eigenvalue weighted by atomic mass is 16.3. The van der Waals surface area contributed by atoms with Gasteiger partial charge in [0, 0.05) is 0 Å². The Labute approximate surface area is 184 Å². The molecule has 5 heteroatoms. The second-order valence-corrected chi connectivity index (χ2v) is 8.69. The number of aliphatic hydroxyl groups is 1. The first-order valence-corrected chi connectivity index (χ1v) is 10.7. The van der Waals surface area contributed by atoms with Crippen molar-refractivity contribution in [3.05, 3.63) is 95.1 Å². The SMILES string of the molecule is Cc1cc(C)c(-n2cc[n+](C(CO)[n+]3ccn(-c4c(C)cc(C)cc4C)c3)c2)c(C)c1. The van der Waals surface area contributed by atoms with E-state index in [1.807, 2.05) is 12.4 Å². The van der Waals surface area contributed by atoms with Gasteiger partial charge in [-0.05, 0) is 63.8 Å². The third kappa shape index (κ3) is 3.93. The molecular weight excluding hydrogens is 384 g/mol. The molecular formula is C26H32N4O+2. The maximum Gasteiger partial charge on any atom is 0.265 e. The molecule has 4 rings (SSSR count). The third-order valence-electron chi connectivity index (χ3n) is 5.95. The van der Waals surface area contributed by atoms with Crippen molar-refractivity contribution < 1.29 is 14.2 Å². The lowest BCUT2D eigenvalue weighted by atomic mass is 10.1. The molecule has 0 aliphatic carbocycles. The molecule has 1 N–H and O–H groups in total. The average molecular weight is 417 g/mol. The summed E-state index contributed by atoms with van der Waals surface area (Å²) in [5.41, 5.74) is 9.88. The molecule has 0 unspecified atom stereocenters. The molecule has 160 valence electrons. The highest BCUT2D eigenvalue weighted by Crippen LogP contribution is 2.21. The summed E-state index contributed by atoms with van der Waals surface area (Å²) in [7, 11) is 0. The Balaban J connectivity index is 1.69. The van der Waals surface area contributed by atoms with E-state index in [9.17, 15) is 5.11 Å². The van der Waals surface area contributed by atoms with Gasteiger partial charge in [0.1, 0.15) is 42.8 Å². The Hall–Kier alpha value is -3.18. The number of benzene rings is 2. The summed E-state index contributed by atoms with van der Waals surface area (Å²) in [6.07, 6.45) is 12.0. The maximum atomic E-state index is 10.2. The van der Waals surface area contributed by atoms with Crippen molar-refractivity contribution in [2.24, 2.45) is 0 Å². The van der Waals surface area contributed by atoms with E-state index in [1.165, 1.54) is 44.8 Å². The molecule has 31 heavy (non-hydrogen) atoms. The average Bonchev–Trinajstić information content (AvgIpc) is 3.32. The van der Waals surface area contributed by atoms with Crippen LogP contribution in [0, 0.1) is 41.5 Å². The predicted octanol–water partition coefficient (Wildman–Crippen LogP) is 3.73. The van der Waals surface area contributed by atoms with Crippen LogP contribution in [0.25, 0.3) is 11.4 Å². The lowest BCUT2D eigenvalue weighted by Crippen LogP contribution is -2.57. The molecule has 0 amide bonds. The second-order valence-electron chi connectivity index (χ2n) is 8.69. The van der Waals surface area contributed by atoms with Gasteiger partial charge in [-0.3, -0.25) is 0 Å². The number of hydrogen-bond acceptors (Lipinski definition) is 1. The van der Waals surface area contributed by atoms with Crippen LogP contribution in [0.5, 0.6) is 0 Å². The molecule has 0 saturated carbocycles. The first-order valence-electron chi connectivity index (χ1n) is 10.7. The normalized spacial score (nSPS) is 11.5. The van der Waals surface area contributed by atoms with Gasteiger partial charge in [0.05, 0.1) is 0 Å². The van der Waals surface area contributed by atoms with Gasteiger partial charge in [0.15, 0.2) is 0 Å². The number of rotatable bonds is 5. The van der Waals surface area contributed by atoms with Crippen molar-refractivity contribution in [2.45, 2.75) is 47.7 Å². The van der Waals surface area contributed by atoms with Gasteiger partial charge >= 0.3 is 0 Å². The third-order valence-corrected chi connectivity index (χ3v) is 5.95. The molecule has 2 heterocycles. The zero-order chi connectivity index (χ0) is 22.3. The highest BCUT2D eigenvalue weighted by molar-refractivity contribution is 5.49. The molecule has 5 nitrogen and oxygen atoms in total. The number of aliphatic hydroxyl groups excluding tert-OH is 1. The zero-order valence-electron chi connectivity index (χ0n) is 19.3. The standard InChI is InChI=1S/C26H32N4O/c1-18-11-20(3)25(21(4)12-18)29-9-7-27(16-29)24(15-31)28-8-10-30(17-28)26-22(5)13-19(2)14-23(26)6/h7-14,16-17,24,31H,15H2,1-6H3/q+2. The molecule has 0 spiro atoms. The van der Waals surface area contributed by atoms with Gasteiger partial charge in [0.25, 0.3) is 18.8 Å². The van der Waals surface area contributed by atoms with Gasteiger partial charge in [-0.1, -0.05) is 35.4 Å². The minimum absolute atomic E-state index is 0.00108. The number of imidazole rings is 2. The Morgan fingerprint density at radius 2 is 1.03 bits per heavy atom. The van der Waals surface area contributed by atoms with Gasteiger partial charge in [-0.25, -0.2) is 9.13 Å². The summed E-state index contributed by atoms with van der Waals surface area (Å²) in [6.45, 7) is 12.8. The smallest absolute Gasteiger partial charge is 0.265 e. The molecule has 0 bridgehead atoms. The van der Waals surface area contributed by atoms with Crippen molar-refractivity contribution in [1.29, 1.82) is 0 Å². The van der Waals surface area contributed by atoms with Crippen LogP contribution in [-0.4, -0.2) is 20.8 Å². The lowest BCUT2D eigenvalue weighted by Gasteiger charge is -2.09. The van der Waals surface area contributed by atoms with E-state index in [0.29, 0.717) is 0 Å². The fourth-order valence-corrected chi connectivity index (χ4v) is 4.86. The first-order chi connectivity index (χ1) is 14.8. The molecule has 0 atom stereocenters. The summed E-state index contributed by atoms with van der Waals surface area (Å²) in [5, 5.41) is 10.2. The Morgan fingerprint density at radius 3 is 1.35 bits per heavy atom. The second kappa shape index (κ2) is 8.16. The molecule has 0 aliphatic heterocycles. The summed E-state index contributed by atoms with van der Waals surface area (Å²) in [5.74, 6) is 0. The van der Waals surface area contributed by atoms with Gasteiger partial charge < -0.3 is 5.11 Å². The van der Waals surface area contributed by atoms with E-state index < -0.39 is 0 Å². The van der Waals surface area contributed by atoms with Crippen LogP contribution in [-0.2, 0) is 0 Å². The Morgan fingerprint density at radius 1 is 0.677 bits per heavy atom.